The standard InChI is InChI=1S/C17H17F3N4O3/c18-17(19,20)27-13-3-1-12(2-4-13)16(25)22-11-14-21-6-5-15(23-14)24-7-9-26-10-8-24/h1-6H,7-11H2,(H,22,25). The molecular formula is C17H17F3N4O3. The van der Waals surface area contributed by atoms with Crippen LogP contribution in [0.15, 0.2) is 36.5 Å². The van der Waals surface area contributed by atoms with Crippen molar-refractivity contribution in [1.29, 1.82) is 0 Å². The molecule has 0 saturated carbocycles. The normalized spacial score (nSPS) is 14.7. The summed E-state index contributed by atoms with van der Waals surface area (Å²) in [4.78, 5) is 22.8. The molecule has 144 valence electrons. The summed E-state index contributed by atoms with van der Waals surface area (Å²) in [5.74, 6) is 0.352. The zero-order valence-corrected chi connectivity index (χ0v) is 14.2. The fourth-order valence-electron chi connectivity index (χ4n) is 2.51. The molecule has 0 atom stereocenters. The number of ether oxygens (including phenoxy) is 2. The fourth-order valence-corrected chi connectivity index (χ4v) is 2.51. The van der Waals surface area contributed by atoms with Gasteiger partial charge in [0.25, 0.3) is 5.91 Å². The lowest BCUT2D eigenvalue weighted by Gasteiger charge is -2.27. The van der Waals surface area contributed by atoms with Gasteiger partial charge in [-0.05, 0) is 30.3 Å². The maximum Gasteiger partial charge on any atom is 0.573 e. The summed E-state index contributed by atoms with van der Waals surface area (Å²) in [5, 5.41) is 2.64. The largest absolute Gasteiger partial charge is 0.573 e. The predicted octanol–water partition coefficient (Wildman–Crippen LogP) is 2.14. The highest BCUT2D eigenvalue weighted by atomic mass is 19.4. The number of alkyl halides is 3. The molecule has 3 rings (SSSR count). The molecule has 2 heterocycles. The molecule has 0 aliphatic carbocycles. The topological polar surface area (TPSA) is 76.6 Å². The number of carbonyl (C=O) groups excluding carboxylic acids is 1. The maximum atomic E-state index is 12.2. The number of nitrogens with one attached hydrogen (secondary N) is 1. The zero-order valence-electron chi connectivity index (χ0n) is 14.2. The lowest BCUT2D eigenvalue weighted by molar-refractivity contribution is -0.274. The Morgan fingerprint density at radius 2 is 1.89 bits per heavy atom. The van der Waals surface area contributed by atoms with Crippen molar-refractivity contribution >= 4 is 11.7 Å². The second kappa shape index (κ2) is 8.21. The van der Waals surface area contributed by atoms with Gasteiger partial charge in [-0.1, -0.05) is 0 Å². The lowest BCUT2D eigenvalue weighted by Crippen LogP contribution is -2.37. The van der Waals surface area contributed by atoms with Crippen molar-refractivity contribution in [2.45, 2.75) is 12.9 Å². The van der Waals surface area contributed by atoms with Gasteiger partial charge in [0, 0.05) is 24.8 Å². The summed E-state index contributed by atoms with van der Waals surface area (Å²) in [5.41, 5.74) is 0.203. The average Bonchev–Trinajstić information content (AvgIpc) is 2.66. The van der Waals surface area contributed by atoms with Crippen LogP contribution in [0.5, 0.6) is 5.75 Å². The van der Waals surface area contributed by atoms with Crippen LogP contribution in [0.25, 0.3) is 0 Å². The number of amides is 1. The Labute approximate surface area is 153 Å². The van der Waals surface area contributed by atoms with Gasteiger partial charge in [-0.2, -0.15) is 0 Å². The molecule has 0 spiro atoms. The van der Waals surface area contributed by atoms with E-state index in [4.69, 9.17) is 4.74 Å². The van der Waals surface area contributed by atoms with Crippen LogP contribution in [-0.4, -0.2) is 48.5 Å². The molecule has 1 fully saturated rings. The van der Waals surface area contributed by atoms with Crippen LogP contribution in [0.2, 0.25) is 0 Å². The van der Waals surface area contributed by atoms with E-state index in [1.165, 1.54) is 12.1 Å². The summed E-state index contributed by atoms with van der Waals surface area (Å²) in [6.07, 6.45) is -3.16. The molecule has 2 aromatic rings. The van der Waals surface area contributed by atoms with Crippen LogP contribution in [-0.2, 0) is 11.3 Å². The number of anilines is 1. The number of nitrogens with zero attached hydrogens (tertiary/aromatic N) is 3. The van der Waals surface area contributed by atoms with Crippen LogP contribution in [0.1, 0.15) is 16.2 Å². The molecule has 7 nitrogen and oxygen atoms in total. The molecule has 0 unspecified atom stereocenters. The maximum absolute atomic E-state index is 12.2. The molecule has 1 aromatic heterocycles. The number of morpholine rings is 1. The van der Waals surface area contributed by atoms with Crippen LogP contribution in [0.4, 0.5) is 19.0 Å². The van der Waals surface area contributed by atoms with Crippen LogP contribution in [0.3, 0.4) is 0 Å². The Hall–Kier alpha value is -2.88. The molecule has 27 heavy (non-hydrogen) atoms. The van der Waals surface area contributed by atoms with Gasteiger partial charge in [0.1, 0.15) is 17.4 Å². The van der Waals surface area contributed by atoms with E-state index in [-0.39, 0.29) is 17.9 Å². The van der Waals surface area contributed by atoms with Crippen molar-refractivity contribution in [3.8, 4) is 5.75 Å². The minimum Gasteiger partial charge on any atom is -0.406 e. The second-order valence-corrected chi connectivity index (χ2v) is 5.69. The van der Waals surface area contributed by atoms with Crippen LogP contribution >= 0.6 is 0 Å². The summed E-state index contributed by atoms with van der Waals surface area (Å²) in [7, 11) is 0. The number of carbonyl (C=O) groups is 1. The first kappa shape index (κ1) is 18.9. The summed E-state index contributed by atoms with van der Waals surface area (Å²) < 4.78 is 45.5. The van der Waals surface area contributed by atoms with Crippen molar-refractivity contribution in [2.75, 3.05) is 31.2 Å². The quantitative estimate of drug-likeness (QED) is 0.854. The minimum absolute atomic E-state index is 0.0951. The minimum atomic E-state index is -4.77. The summed E-state index contributed by atoms with van der Waals surface area (Å²) in [6.45, 7) is 2.82. The van der Waals surface area contributed by atoms with Gasteiger partial charge in [-0.25, -0.2) is 9.97 Å². The van der Waals surface area contributed by atoms with E-state index in [0.29, 0.717) is 19.0 Å². The van der Waals surface area contributed by atoms with Gasteiger partial charge in [0.15, 0.2) is 0 Å². The molecule has 1 N–H and O–H groups in total. The van der Waals surface area contributed by atoms with Gasteiger partial charge >= 0.3 is 6.36 Å². The summed E-state index contributed by atoms with van der Waals surface area (Å²) >= 11 is 0. The first-order valence-electron chi connectivity index (χ1n) is 8.19. The molecule has 1 saturated heterocycles. The first-order chi connectivity index (χ1) is 12.9. The van der Waals surface area contributed by atoms with E-state index < -0.39 is 12.3 Å². The van der Waals surface area contributed by atoms with E-state index in [2.05, 4.69) is 24.9 Å². The Bertz CT molecular complexity index is 778. The number of hydrogen-bond donors (Lipinski definition) is 1. The molecule has 1 amide bonds. The third-order valence-electron chi connectivity index (χ3n) is 3.78. The third kappa shape index (κ3) is 5.55. The highest BCUT2D eigenvalue weighted by molar-refractivity contribution is 5.94. The van der Waals surface area contributed by atoms with E-state index in [9.17, 15) is 18.0 Å². The Morgan fingerprint density at radius 3 is 2.56 bits per heavy atom. The Morgan fingerprint density at radius 1 is 1.19 bits per heavy atom. The molecule has 1 aliphatic heterocycles. The molecular weight excluding hydrogens is 365 g/mol. The molecule has 0 radical (unpaired) electrons. The van der Waals surface area contributed by atoms with Crippen molar-refractivity contribution in [2.24, 2.45) is 0 Å². The van der Waals surface area contributed by atoms with Crippen molar-refractivity contribution in [3.05, 3.63) is 47.9 Å². The predicted molar refractivity (Wildman–Crippen MR) is 89.4 cm³/mol. The lowest BCUT2D eigenvalue weighted by atomic mass is 10.2. The first-order valence-corrected chi connectivity index (χ1v) is 8.19. The van der Waals surface area contributed by atoms with Gasteiger partial charge in [-0.15, -0.1) is 13.2 Å². The van der Waals surface area contributed by atoms with Gasteiger partial charge in [0.05, 0.1) is 19.8 Å². The average molecular weight is 382 g/mol. The van der Waals surface area contributed by atoms with Gasteiger partial charge in [-0.3, -0.25) is 4.79 Å². The highest BCUT2D eigenvalue weighted by Crippen LogP contribution is 2.22. The van der Waals surface area contributed by atoms with E-state index in [1.54, 1.807) is 12.3 Å². The summed E-state index contributed by atoms with van der Waals surface area (Å²) in [6, 6.07) is 6.45. The van der Waals surface area contributed by atoms with Crippen molar-refractivity contribution in [1.82, 2.24) is 15.3 Å². The number of benzene rings is 1. The van der Waals surface area contributed by atoms with Crippen molar-refractivity contribution in [3.63, 3.8) is 0 Å². The van der Waals surface area contributed by atoms with E-state index in [1.807, 2.05) is 0 Å². The van der Waals surface area contributed by atoms with Crippen LogP contribution < -0.4 is 15.0 Å². The van der Waals surface area contributed by atoms with E-state index >= 15 is 0 Å². The SMILES string of the molecule is O=C(NCc1nccc(N2CCOCC2)n1)c1ccc(OC(F)(F)F)cc1. The zero-order chi connectivity index (χ0) is 19.3. The number of aromatic nitrogens is 2. The molecule has 1 aromatic carbocycles. The molecule has 0 bridgehead atoms. The third-order valence-corrected chi connectivity index (χ3v) is 3.78. The fraction of sp³-hybridized carbons (Fsp3) is 0.353. The van der Waals surface area contributed by atoms with Crippen LogP contribution in [0, 0.1) is 0 Å². The number of halogens is 3. The van der Waals surface area contributed by atoms with Gasteiger partial charge < -0.3 is 19.7 Å². The Balaban J connectivity index is 1.57. The second-order valence-electron chi connectivity index (χ2n) is 5.69. The van der Waals surface area contributed by atoms with Gasteiger partial charge in [0.2, 0.25) is 0 Å². The monoisotopic (exact) mass is 382 g/mol. The Kier molecular flexibility index (Phi) is 5.75. The smallest absolute Gasteiger partial charge is 0.406 e. The highest BCUT2D eigenvalue weighted by Gasteiger charge is 2.31. The van der Waals surface area contributed by atoms with E-state index in [0.717, 1.165) is 31.0 Å². The number of rotatable bonds is 5. The number of hydrogen-bond acceptors (Lipinski definition) is 6. The molecule has 1 aliphatic rings. The molecule has 10 heteroatoms. The van der Waals surface area contributed by atoms with Crippen molar-refractivity contribution < 1.29 is 27.4 Å².